The standard InChI is InChI=1S/C21H17N3O.C2H2O4/c1-25-17-11-12-19-18(15-17)23-21(13-10-16-7-3-2-4-8-16)24(19)20-9-5-6-14-22-20;3-1(4)2(5)6/h2-15H,1H3;(H,3,4)(H,5,6)/b13-10+;. The van der Waals surface area contributed by atoms with Crippen molar-refractivity contribution in [2.45, 2.75) is 0 Å². The number of methoxy groups -OCH3 is 1. The number of carboxylic acids is 2. The predicted molar refractivity (Wildman–Crippen MR) is 116 cm³/mol. The highest BCUT2D eigenvalue weighted by molar-refractivity contribution is 6.27. The molecule has 0 aliphatic heterocycles. The molecule has 0 fully saturated rings. The van der Waals surface area contributed by atoms with Crippen LogP contribution in [0.25, 0.3) is 29.0 Å². The highest BCUT2D eigenvalue weighted by Crippen LogP contribution is 2.25. The first-order valence-electron chi connectivity index (χ1n) is 9.17. The number of fused-ring (bicyclic) bond motifs is 1. The Labute approximate surface area is 177 Å². The molecule has 0 spiro atoms. The van der Waals surface area contributed by atoms with Gasteiger partial charge in [-0.1, -0.05) is 42.5 Å². The number of ether oxygens (including phenoxy) is 1. The molecule has 2 N–H and O–H groups in total. The van der Waals surface area contributed by atoms with Crippen LogP contribution in [0.4, 0.5) is 0 Å². The number of imidazole rings is 1. The van der Waals surface area contributed by atoms with Crippen molar-refractivity contribution >= 4 is 35.1 Å². The number of nitrogens with zero attached hydrogens (tertiary/aromatic N) is 3. The first kappa shape index (κ1) is 21.3. The van der Waals surface area contributed by atoms with E-state index in [-0.39, 0.29) is 0 Å². The molecule has 2 heterocycles. The van der Waals surface area contributed by atoms with E-state index >= 15 is 0 Å². The fraction of sp³-hybridized carbons (Fsp3) is 0.0435. The SMILES string of the molecule is COc1ccc2c(c1)nc(/C=C/c1ccccc1)n2-c1ccccn1.O=C(O)C(=O)O. The van der Waals surface area contributed by atoms with Crippen molar-refractivity contribution in [3.63, 3.8) is 0 Å². The first-order valence-corrected chi connectivity index (χ1v) is 9.17. The maximum Gasteiger partial charge on any atom is 0.414 e. The van der Waals surface area contributed by atoms with E-state index in [1.807, 2.05) is 65.2 Å². The van der Waals surface area contributed by atoms with E-state index in [4.69, 9.17) is 29.5 Å². The summed E-state index contributed by atoms with van der Waals surface area (Å²) in [6.45, 7) is 0. The third-order valence-corrected chi connectivity index (χ3v) is 4.17. The monoisotopic (exact) mass is 417 g/mol. The van der Waals surface area contributed by atoms with Crippen molar-refractivity contribution in [2.75, 3.05) is 7.11 Å². The Morgan fingerprint density at radius 1 is 0.935 bits per heavy atom. The molecule has 0 bridgehead atoms. The molecule has 156 valence electrons. The van der Waals surface area contributed by atoms with Crippen LogP contribution in [0.5, 0.6) is 5.75 Å². The molecule has 0 unspecified atom stereocenters. The maximum absolute atomic E-state index is 9.10. The molecule has 0 aliphatic rings. The molecule has 0 amide bonds. The van der Waals surface area contributed by atoms with Gasteiger partial charge in [-0.3, -0.25) is 4.57 Å². The first-order chi connectivity index (χ1) is 15.0. The van der Waals surface area contributed by atoms with Gasteiger partial charge in [0.25, 0.3) is 0 Å². The molecule has 0 aliphatic carbocycles. The largest absolute Gasteiger partial charge is 0.497 e. The van der Waals surface area contributed by atoms with Gasteiger partial charge in [-0.2, -0.15) is 0 Å². The number of hydrogen-bond donors (Lipinski definition) is 2. The van der Waals surface area contributed by atoms with Crippen molar-refractivity contribution in [3.8, 4) is 11.6 Å². The summed E-state index contributed by atoms with van der Waals surface area (Å²) in [4.78, 5) is 27.5. The van der Waals surface area contributed by atoms with E-state index in [2.05, 4.69) is 23.2 Å². The fourth-order valence-electron chi connectivity index (χ4n) is 2.78. The topological polar surface area (TPSA) is 115 Å². The Morgan fingerprint density at radius 2 is 1.65 bits per heavy atom. The van der Waals surface area contributed by atoms with Crippen LogP contribution in [-0.4, -0.2) is 43.8 Å². The second-order valence-corrected chi connectivity index (χ2v) is 6.20. The second kappa shape index (κ2) is 9.84. The fourth-order valence-corrected chi connectivity index (χ4v) is 2.78. The van der Waals surface area contributed by atoms with Gasteiger partial charge in [0.05, 0.1) is 18.1 Å². The molecule has 2 aromatic heterocycles. The number of carbonyl (C=O) groups is 2. The lowest BCUT2D eigenvalue weighted by atomic mass is 10.2. The van der Waals surface area contributed by atoms with Gasteiger partial charge in [0, 0.05) is 12.3 Å². The minimum atomic E-state index is -1.82. The summed E-state index contributed by atoms with van der Waals surface area (Å²) in [5.41, 5.74) is 2.99. The van der Waals surface area contributed by atoms with Crippen molar-refractivity contribution in [2.24, 2.45) is 0 Å². The summed E-state index contributed by atoms with van der Waals surface area (Å²) < 4.78 is 7.37. The molecular formula is C23H19N3O5. The summed E-state index contributed by atoms with van der Waals surface area (Å²) in [6, 6.07) is 21.9. The van der Waals surface area contributed by atoms with Crippen molar-refractivity contribution < 1.29 is 24.5 Å². The average Bonchev–Trinajstić information content (AvgIpc) is 3.16. The molecular weight excluding hydrogens is 398 g/mol. The highest BCUT2D eigenvalue weighted by Gasteiger charge is 2.12. The molecule has 0 saturated heterocycles. The van der Waals surface area contributed by atoms with Gasteiger partial charge < -0.3 is 14.9 Å². The molecule has 0 atom stereocenters. The lowest BCUT2D eigenvalue weighted by Crippen LogP contribution is -2.09. The minimum Gasteiger partial charge on any atom is -0.497 e. The van der Waals surface area contributed by atoms with E-state index in [9.17, 15) is 0 Å². The third-order valence-electron chi connectivity index (χ3n) is 4.17. The van der Waals surface area contributed by atoms with Gasteiger partial charge in [0.15, 0.2) is 0 Å². The van der Waals surface area contributed by atoms with Crippen molar-refractivity contribution in [3.05, 3.63) is 84.3 Å². The van der Waals surface area contributed by atoms with E-state index in [1.54, 1.807) is 13.3 Å². The van der Waals surface area contributed by atoms with Crippen LogP contribution in [-0.2, 0) is 9.59 Å². The van der Waals surface area contributed by atoms with Crippen LogP contribution in [0.2, 0.25) is 0 Å². The van der Waals surface area contributed by atoms with Crippen molar-refractivity contribution in [1.82, 2.24) is 14.5 Å². The zero-order valence-corrected chi connectivity index (χ0v) is 16.5. The molecule has 8 heteroatoms. The van der Waals surface area contributed by atoms with Crippen LogP contribution < -0.4 is 4.74 Å². The summed E-state index contributed by atoms with van der Waals surface area (Å²) in [6.07, 6.45) is 5.85. The number of carboxylic acid groups (broad SMARTS) is 2. The Kier molecular flexibility index (Phi) is 6.74. The molecule has 31 heavy (non-hydrogen) atoms. The summed E-state index contributed by atoms with van der Waals surface area (Å²) >= 11 is 0. The Hall–Kier alpha value is -4.46. The highest BCUT2D eigenvalue weighted by atomic mass is 16.5. The normalized spacial score (nSPS) is 10.5. The van der Waals surface area contributed by atoms with Gasteiger partial charge in [-0.15, -0.1) is 0 Å². The molecule has 8 nitrogen and oxygen atoms in total. The van der Waals surface area contributed by atoms with Crippen LogP contribution in [0, 0.1) is 0 Å². The number of pyridine rings is 1. The number of aromatic nitrogens is 3. The van der Waals surface area contributed by atoms with Crippen LogP contribution >= 0.6 is 0 Å². The van der Waals surface area contributed by atoms with Gasteiger partial charge in [0.2, 0.25) is 0 Å². The molecule has 0 saturated carbocycles. The average molecular weight is 417 g/mol. The Bertz CT molecular complexity index is 1210. The summed E-state index contributed by atoms with van der Waals surface area (Å²) in [5, 5.41) is 14.8. The lowest BCUT2D eigenvalue weighted by molar-refractivity contribution is -0.159. The predicted octanol–water partition coefficient (Wildman–Crippen LogP) is 3.76. The number of rotatable bonds is 4. The number of hydrogen-bond acceptors (Lipinski definition) is 5. The van der Waals surface area contributed by atoms with E-state index in [1.165, 1.54) is 0 Å². The molecule has 4 aromatic rings. The van der Waals surface area contributed by atoms with Gasteiger partial charge in [-0.25, -0.2) is 19.6 Å². The Morgan fingerprint density at radius 3 is 2.26 bits per heavy atom. The van der Waals surface area contributed by atoms with Crippen LogP contribution in [0.3, 0.4) is 0 Å². The summed E-state index contributed by atoms with van der Waals surface area (Å²) in [5.74, 6) is -1.20. The smallest absolute Gasteiger partial charge is 0.414 e. The number of aliphatic carboxylic acids is 2. The van der Waals surface area contributed by atoms with E-state index < -0.39 is 11.9 Å². The maximum atomic E-state index is 9.10. The van der Waals surface area contributed by atoms with Crippen LogP contribution in [0.15, 0.2) is 72.9 Å². The molecule has 4 rings (SSSR count). The number of benzene rings is 2. The quantitative estimate of drug-likeness (QED) is 0.486. The zero-order chi connectivity index (χ0) is 22.2. The van der Waals surface area contributed by atoms with Crippen LogP contribution in [0.1, 0.15) is 11.4 Å². The third kappa shape index (κ3) is 5.33. The minimum absolute atomic E-state index is 0.789. The van der Waals surface area contributed by atoms with E-state index in [0.717, 1.165) is 34.0 Å². The van der Waals surface area contributed by atoms with Gasteiger partial charge in [-0.05, 0) is 35.9 Å². The van der Waals surface area contributed by atoms with E-state index in [0.29, 0.717) is 0 Å². The van der Waals surface area contributed by atoms with Gasteiger partial charge >= 0.3 is 11.9 Å². The molecule has 0 radical (unpaired) electrons. The zero-order valence-electron chi connectivity index (χ0n) is 16.5. The molecule has 2 aromatic carbocycles. The summed E-state index contributed by atoms with van der Waals surface area (Å²) in [7, 11) is 1.66. The lowest BCUT2D eigenvalue weighted by Gasteiger charge is -2.06. The van der Waals surface area contributed by atoms with Gasteiger partial charge in [0.1, 0.15) is 17.4 Å². The Balaban J connectivity index is 0.000000401. The second-order valence-electron chi connectivity index (χ2n) is 6.20. The van der Waals surface area contributed by atoms with Crippen molar-refractivity contribution in [1.29, 1.82) is 0 Å².